The smallest absolute Gasteiger partial charge is 0.303 e. The minimum Gasteiger partial charge on any atom is -0.508 e. The van der Waals surface area contributed by atoms with Crippen LogP contribution in [0.1, 0.15) is 42.9 Å². The van der Waals surface area contributed by atoms with E-state index in [1.54, 1.807) is 0 Å². The minimum atomic E-state index is -0.930. The van der Waals surface area contributed by atoms with Gasteiger partial charge in [0.1, 0.15) is 11.5 Å². The van der Waals surface area contributed by atoms with E-state index in [2.05, 4.69) is 0 Å². The molecule has 2 aromatic rings. The fourth-order valence-electron chi connectivity index (χ4n) is 3.75. The number of amides is 1. The molecule has 10 nitrogen and oxygen atoms in total. The molecule has 1 fully saturated rings. The molecule has 1 saturated heterocycles. The Balaban J connectivity index is 1.97. The van der Waals surface area contributed by atoms with E-state index in [1.165, 1.54) is 53.4 Å². The van der Waals surface area contributed by atoms with E-state index < -0.39 is 34.4 Å². The Hall–Kier alpha value is -4.21. The molecule has 0 aromatic heterocycles. The van der Waals surface area contributed by atoms with Gasteiger partial charge in [0.05, 0.1) is 16.5 Å². The lowest BCUT2D eigenvalue weighted by molar-refractivity contribution is -0.384. The number of aliphatic hydroxyl groups excluding tert-OH is 1. The van der Waals surface area contributed by atoms with Crippen molar-refractivity contribution < 1.29 is 34.6 Å². The number of nitrogens with zero attached hydrogens (tertiary/aromatic N) is 2. The van der Waals surface area contributed by atoms with Crippen LogP contribution in [0.15, 0.2) is 54.1 Å². The molecule has 1 aliphatic rings. The topological polar surface area (TPSA) is 158 Å². The Labute approximate surface area is 188 Å². The van der Waals surface area contributed by atoms with Gasteiger partial charge in [0.2, 0.25) is 0 Å². The molecule has 0 radical (unpaired) electrons. The second-order valence-corrected chi connectivity index (χ2v) is 7.59. The van der Waals surface area contributed by atoms with Crippen molar-refractivity contribution in [2.24, 2.45) is 0 Å². The van der Waals surface area contributed by atoms with E-state index in [9.17, 15) is 34.7 Å². The first-order valence-electron chi connectivity index (χ1n) is 10.2. The van der Waals surface area contributed by atoms with Gasteiger partial charge in [0, 0.05) is 30.7 Å². The quantitative estimate of drug-likeness (QED) is 0.130. The Kier molecular flexibility index (Phi) is 7.07. The number of phenols is 1. The summed E-state index contributed by atoms with van der Waals surface area (Å²) in [6, 6.07) is 9.88. The molecule has 0 saturated carbocycles. The monoisotopic (exact) mass is 454 g/mol. The molecule has 3 rings (SSSR count). The van der Waals surface area contributed by atoms with Gasteiger partial charge in [0.25, 0.3) is 17.4 Å². The molecular weight excluding hydrogens is 432 g/mol. The van der Waals surface area contributed by atoms with Crippen LogP contribution in [-0.4, -0.2) is 49.3 Å². The molecule has 172 valence electrons. The van der Waals surface area contributed by atoms with E-state index in [0.29, 0.717) is 24.8 Å². The number of carboxylic acids is 1. The van der Waals surface area contributed by atoms with Crippen molar-refractivity contribution >= 4 is 29.1 Å². The molecule has 1 amide bonds. The van der Waals surface area contributed by atoms with Crippen LogP contribution in [0.2, 0.25) is 0 Å². The third kappa shape index (κ3) is 5.17. The third-order valence-electron chi connectivity index (χ3n) is 5.39. The number of hydrogen-bond donors (Lipinski definition) is 3. The summed E-state index contributed by atoms with van der Waals surface area (Å²) in [6.45, 7) is 0.160. The highest BCUT2D eigenvalue weighted by atomic mass is 16.6. The first-order valence-corrected chi connectivity index (χ1v) is 10.2. The number of hydrogen-bond acceptors (Lipinski definition) is 7. The van der Waals surface area contributed by atoms with Crippen LogP contribution in [0.3, 0.4) is 0 Å². The van der Waals surface area contributed by atoms with Crippen molar-refractivity contribution in [2.45, 2.75) is 31.7 Å². The lowest BCUT2D eigenvalue weighted by atomic mass is 9.95. The summed E-state index contributed by atoms with van der Waals surface area (Å²) >= 11 is 0. The summed E-state index contributed by atoms with van der Waals surface area (Å²) < 4.78 is 0. The highest BCUT2D eigenvalue weighted by Gasteiger charge is 2.45. The third-order valence-corrected chi connectivity index (χ3v) is 5.39. The van der Waals surface area contributed by atoms with Gasteiger partial charge in [0.15, 0.2) is 0 Å². The number of rotatable bonds is 9. The fraction of sp³-hybridized carbons (Fsp3) is 0.261. The largest absolute Gasteiger partial charge is 0.508 e. The SMILES string of the molecule is O=C(O)CCCCCN1C(=O)C(=O)C(=C(O)c2ccc([N+](=O)[O-])cc2)[C@H]1c1ccc(O)cc1. The lowest BCUT2D eigenvalue weighted by Crippen LogP contribution is -2.30. The summed E-state index contributed by atoms with van der Waals surface area (Å²) in [5.41, 5.74) is 0.276. The summed E-state index contributed by atoms with van der Waals surface area (Å²) in [6.07, 6.45) is 1.40. The second-order valence-electron chi connectivity index (χ2n) is 7.59. The maximum absolute atomic E-state index is 12.9. The maximum Gasteiger partial charge on any atom is 0.303 e. The highest BCUT2D eigenvalue weighted by Crippen LogP contribution is 2.40. The summed E-state index contributed by atoms with van der Waals surface area (Å²) in [5, 5.41) is 40.2. The van der Waals surface area contributed by atoms with Gasteiger partial charge in [-0.15, -0.1) is 0 Å². The van der Waals surface area contributed by atoms with Crippen LogP contribution in [0, 0.1) is 10.1 Å². The van der Waals surface area contributed by atoms with E-state index in [4.69, 9.17) is 5.11 Å². The molecular formula is C23H22N2O8. The van der Waals surface area contributed by atoms with Crippen molar-refractivity contribution in [3.05, 3.63) is 75.3 Å². The second kappa shape index (κ2) is 9.94. The zero-order valence-electron chi connectivity index (χ0n) is 17.5. The maximum atomic E-state index is 12.9. The number of unbranched alkanes of at least 4 members (excludes halogenated alkanes) is 2. The minimum absolute atomic E-state index is 0.000350. The number of carboxylic acid groups (broad SMARTS) is 1. The van der Waals surface area contributed by atoms with Crippen molar-refractivity contribution in [1.82, 2.24) is 4.90 Å². The molecule has 0 bridgehead atoms. The number of ketones is 1. The van der Waals surface area contributed by atoms with Gasteiger partial charge in [-0.2, -0.15) is 0 Å². The number of phenolic OH excluding ortho intramolecular Hbond substituents is 1. The van der Waals surface area contributed by atoms with Crippen LogP contribution < -0.4 is 0 Å². The van der Waals surface area contributed by atoms with Crippen LogP contribution in [-0.2, 0) is 14.4 Å². The molecule has 2 aromatic carbocycles. The number of aliphatic carboxylic acids is 1. The molecule has 1 heterocycles. The van der Waals surface area contributed by atoms with Crippen LogP contribution in [0.5, 0.6) is 5.75 Å². The van der Waals surface area contributed by atoms with Gasteiger partial charge in [-0.1, -0.05) is 18.6 Å². The summed E-state index contributed by atoms with van der Waals surface area (Å²) in [7, 11) is 0. The Morgan fingerprint density at radius 2 is 1.61 bits per heavy atom. The van der Waals surface area contributed by atoms with E-state index in [-0.39, 0.29) is 35.5 Å². The van der Waals surface area contributed by atoms with Crippen molar-refractivity contribution in [1.29, 1.82) is 0 Å². The lowest BCUT2D eigenvalue weighted by Gasteiger charge is -2.25. The van der Waals surface area contributed by atoms with Gasteiger partial charge in [-0.25, -0.2) is 0 Å². The van der Waals surface area contributed by atoms with Crippen molar-refractivity contribution in [3.8, 4) is 5.75 Å². The predicted octanol–water partition coefficient (Wildman–Crippen LogP) is 3.37. The number of aromatic hydroxyl groups is 1. The van der Waals surface area contributed by atoms with Gasteiger partial charge in [-0.05, 0) is 42.7 Å². The van der Waals surface area contributed by atoms with Crippen molar-refractivity contribution in [2.75, 3.05) is 6.54 Å². The molecule has 10 heteroatoms. The molecule has 3 N–H and O–H groups in total. The molecule has 33 heavy (non-hydrogen) atoms. The average Bonchev–Trinajstić information content (AvgIpc) is 3.03. The van der Waals surface area contributed by atoms with E-state index in [0.717, 1.165) is 0 Å². The first-order chi connectivity index (χ1) is 15.7. The number of non-ortho nitro benzene ring substituents is 1. The Morgan fingerprint density at radius 3 is 2.18 bits per heavy atom. The number of benzene rings is 2. The standard InChI is InChI=1S/C23H22N2O8/c26-17-11-7-14(8-12-17)20-19(21(29)15-5-9-16(10-6-15)25(32)33)22(30)23(31)24(20)13-3-1-2-4-18(27)28/h5-12,20,26,29H,1-4,13H2,(H,27,28)/t20-/m1/s1. The Bertz CT molecular complexity index is 1110. The molecule has 1 atom stereocenters. The Morgan fingerprint density at radius 1 is 0.970 bits per heavy atom. The van der Waals surface area contributed by atoms with Gasteiger partial charge >= 0.3 is 5.97 Å². The van der Waals surface area contributed by atoms with Crippen molar-refractivity contribution in [3.63, 3.8) is 0 Å². The number of likely N-dealkylation sites (tertiary alicyclic amines) is 1. The fourth-order valence-corrected chi connectivity index (χ4v) is 3.75. The number of Topliss-reactive ketones (excluding diaryl/α,β-unsaturated/α-hetero) is 1. The number of aliphatic hydroxyl groups is 1. The number of nitro benzene ring substituents is 1. The first kappa shape index (κ1) is 23.5. The predicted molar refractivity (Wildman–Crippen MR) is 116 cm³/mol. The van der Waals surface area contributed by atoms with E-state index in [1.807, 2.05) is 0 Å². The number of carbonyl (C=O) groups excluding carboxylic acids is 2. The van der Waals surface area contributed by atoms with E-state index >= 15 is 0 Å². The van der Waals surface area contributed by atoms with Gasteiger partial charge in [-0.3, -0.25) is 24.5 Å². The number of carbonyl (C=O) groups is 3. The summed E-state index contributed by atoms with van der Waals surface area (Å²) in [4.78, 5) is 48.0. The van der Waals surface area contributed by atoms with Gasteiger partial charge < -0.3 is 20.2 Å². The van der Waals surface area contributed by atoms with Crippen LogP contribution >= 0.6 is 0 Å². The van der Waals surface area contributed by atoms with Crippen LogP contribution in [0.4, 0.5) is 5.69 Å². The number of nitro groups is 1. The zero-order valence-corrected chi connectivity index (χ0v) is 17.5. The molecule has 0 aliphatic carbocycles. The molecule has 0 spiro atoms. The highest BCUT2D eigenvalue weighted by molar-refractivity contribution is 6.46. The zero-order chi connectivity index (χ0) is 24.1. The van der Waals surface area contributed by atoms with Crippen LogP contribution in [0.25, 0.3) is 5.76 Å². The molecule has 0 unspecified atom stereocenters. The molecule has 1 aliphatic heterocycles. The average molecular weight is 454 g/mol. The summed E-state index contributed by atoms with van der Waals surface area (Å²) in [5.74, 6) is -3.10. The normalized spacial score (nSPS) is 17.3.